The van der Waals surface area contributed by atoms with Crippen molar-refractivity contribution in [2.45, 2.75) is 19.9 Å². The largest absolute Gasteiger partial charge is 0.494 e. The second-order valence-electron chi connectivity index (χ2n) is 5.92. The molecule has 1 aliphatic heterocycles. The van der Waals surface area contributed by atoms with Crippen LogP contribution in [0.15, 0.2) is 47.4 Å². The summed E-state index contributed by atoms with van der Waals surface area (Å²) < 4.78 is 5.54. The van der Waals surface area contributed by atoms with E-state index in [1.165, 1.54) is 4.90 Å². The first-order chi connectivity index (χ1) is 13.0. The Labute approximate surface area is 172 Å². The molecule has 0 bridgehead atoms. The first-order valence-corrected chi connectivity index (χ1v) is 9.97. The number of amides is 2. The third kappa shape index (κ3) is 4.86. The fourth-order valence-corrected chi connectivity index (χ4v) is 3.79. The minimum atomic E-state index is -0.331. The third-order valence-electron chi connectivity index (χ3n) is 3.87. The van der Waals surface area contributed by atoms with Crippen LogP contribution in [-0.4, -0.2) is 22.7 Å². The number of hydrogen-bond donors (Lipinski definition) is 0. The Bertz CT molecular complexity index is 897. The highest BCUT2D eigenvalue weighted by Crippen LogP contribution is 2.34. The van der Waals surface area contributed by atoms with Crippen LogP contribution in [0.2, 0.25) is 10.0 Å². The van der Waals surface area contributed by atoms with Gasteiger partial charge in [0.15, 0.2) is 0 Å². The van der Waals surface area contributed by atoms with Crippen molar-refractivity contribution in [2.75, 3.05) is 6.61 Å². The van der Waals surface area contributed by atoms with E-state index in [9.17, 15) is 9.59 Å². The molecular formula is C20H17Cl2NO3S. The number of thioether (sulfide) groups is 1. The Morgan fingerprint density at radius 1 is 1.11 bits per heavy atom. The van der Waals surface area contributed by atoms with Crippen LogP contribution >= 0.6 is 35.0 Å². The van der Waals surface area contributed by atoms with Gasteiger partial charge in [-0.15, -0.1) is 0 Å². The smallest absolute Gasteiger partial charge is 0.293 e. The second kappa shape index (κ2) is 8.83. The van der Waals surface area contributed by atoms with Gasteiger partial charge in [0.25, 0.3) is 11.1 Å². The first-order valence-electron chi connectivity index (χ1n) is 8.40. The Balaban J connectivity index is 1.74. The lowest BCUT2D eigenvalue weighted by atomic mass is 10.2. The van der Waals surface area contributed by atoms with Gasteiger partial charge in [-0.2, -0.15) is 0 Å². The molecule has 0 spiro atoms. The number of imide groups is 1. The van der Waals surface area contributed by atoms with Gasteiger partial charge in [0.2, 0.25) is 0 Å². The number of halogens is 2. The molecule has 1 saturated heterocycles. The molecule has 1 aliphatic rings. The highest BCUT2D eigenvalue weighted by Gasteiger charge is 2.35. The van der Waals surface area contributed by atoms with Crippen LogP contribution in [0.3, 0.4) is 0 Å². The molecular weight excluding hydrogens is 405 g/mol. The van der Waals surface area contributed by atoms with Crippen molar-refractivity contribution in [3.63, 3.8) is 0 Å². The maximum absolute atomic E-state index is 12.6. The van der Waals surface area contributed by atoms with Gasteiger partial charge < -0.3 is 4.74 Å². The van der Waals surface area contributed by atoms with E-state index in [1.807, 2.05) is 31.2 Å². The zero-order valence-corrected chi connectivity index (χ0v) is 16.9. The van der Waals surface area contributed by atoms with E-state index in [0.29, 0.717) is 27.1 Å². The van der Waals surface area contributed by atoms with Crippen molar-refractivity contribution in [3.05, 3.63) is 68.5 Å². The average Bonchev–Trinajstić information content (AvgIpc) is 2.90. The number of nitrogens with zero attached hydrogens (tertiary/aromatic N) is 1. The predicted octanol–water partition coefficient (Wildman–Crippen LogP) is 6.02. The Morgan fingerprint density at radius 2 is 1.85 bits per heavy atom. The Hall–Kier alpha value is -1.95. The molecule has 3 rings (SSSR count). The molecule has 4 nitrogen and oxygen atoms in total. The van der Waals surface area contributed by atoms with Gasteiger partial charge in [0.1, 0.15) is 5.75 Å². The Morgan fingerprint density at radius 3 is 2.52 bits per heavy atom. The molecule has 0 saturated carbocycles. The molecule has 1 heterocycles. The van der Waals surface area contributed by atoms with Gasteiger partial charge in [0, 0.05) is 10.0 Å². The number of ether oxygens (including phenoxy) is 1. The summed E-state index contributed by atoms with van der Waals surface area (Å²) in [6.45, 7) is 2.81. The van der Waals surface area contributed by atoms with Gasteiger partial charge in [0.05, 0.1) is 18.1 Å². The lowest BCUT2D eigenvalue weighted by Gasteiger charge is -2.13. The van der Waals surface area contributed by atoms with E-state index in [4.69, 9.17) is 27.9 Å². The molecule has 0 aromatic heterocycles. The van der Waals surface area contributed by atoms with Crippen molar-refractivity contribution >= 4 is 52.2 Å². The van der Waals surface area contributed by atoms with E-state index < -0.39 is 0 Å². The molecule has 2 aromatic carbocycles. The maximum atomic E-state index is 12.6. The summed E-state index contributed by atoms with van der Waals surface area (Å²) in [5, 5.41) is 0.609. The summed E-state index contributed by atoms with van der Waals surface area (Å²) in [5.41, 5.74) is 1.50. The van der Waals surface area contributed by atoms with Crippen LogP contribution in [0.5, 0.6) is 5.75 Å². The third-order valence-corrected chi connectivity index (χ3v) is 5.36. The molecule has 0 N–H and O–H groups in total. The van der Waals surface area contributed by atoms with Crippen LogP contribution in [0.1, 0.15) is 24.5 Å². The molecule has 2 amide bonds. The van der Waals surface area contributed by atoms with Crippen LogP contribution < -0.4 is 4.74 Å². The summed E-state index contributed by atoms with van der Waals surface area (Å²) in [5.74, 6) is 0.446. The van der Waals surface area contributed by atoms with Crippen molar-refractivity contribution in [1.29, 1.82) is 0 Å². The van der Waals surface area contributed by atoms with E-state index >= 15 is 0 Å². The van der Waals surface area contributed by atoms with Gasteiger partial charge in [-0.1, -0.05) is 48.3 Å². The molecule has 0 unspecified atom stereocenters. The number of carbonyl (C=O) groups excluding carboxylic acids is 2. The zero-order chi connectivity index (χ0) is 19.4. The van der Waals surface area contributed by atoms with Crippen molar-refractivity contribution in [2.24, 2.45) is 0 Å². The topological polar surface area (TPSA) is 46.6 Å². The average molecular weight is 422 g/mol. The molecule has 0 aliphatic carbocycles. The maximum Gasteiger partial charge on any atom is 0.293 e. The summed E-state index contributed by atoms with van der Waals surface area (Å²) in [6, 6.07) is 12.4. The lowest BCUT2D eigenvalue weighted by molar-refractivity contribution is -0.123. The molecule has 1 fully saturated rings. The number of carbonyl (C=O) groups is 2. The summed E-state index contributed by atoms with van der Waals surface area (Å²) >= 11 is 13.0. The molecule has 0 radical (unpaired) electrons. The Kier molecular flexibility index (Phi) is 6.47. The van der Waals surface area contributed by atoms with Crippen molar-refractivity contribution < 1.29 is 14.3 Å². The SMILES string of the molecule is CCCOc1ccc(/C=C2\SC(=O)N(Cc3ccc(Cl)cc3Cl)C2=O)cc1. The quantitative estimate of drug-likeness (QED) is 0.534. The predicted molar refractivity (Wildman–Crippen MR) is 110 cm³/mol. The highest BCUT2D eigenvalue weighted by molar-refractivity contribution is 8.18. The van der Waals surface area contributed by atoms with Crippen LogP contribution in [0, 0.1) is 0 Å². The van der Waals surface area contributed by atoms with Crippen molar-refractivity contribution in [3.8, 4) is 5.75 Å². The first kappa shape index (κ1) is 19.8. The van der Waals surface area contributed by atoms with E-state index in [2.05, 4.69) is 0 Å². The zero-order valence-electron chi connectivity index (χ0n) is 14.6. The molecule has 27 heavy (non-hydrogen) atoms. The molecule has 140 valence electrons. The van der Waals surface area contributed by atoms with Crippen LogP contribution in [-0.2, 0) is 11.3 Å². The summed E-state index contributed by atoms with van der Waals surface area (Å²) in [7, 11) is 0. The number of hydrogen-bond acceptors (Lipinski definition) is 4. The van der Waals surface area contributed by atoms with E-state index in [0.717, 1.165) is 29.5 Å². The van der Waals surface area contributed by atoms with Crippen LogP contribution in [0.4, 0.5) is 4.79 Å². The van der Waals surface area contributed by atoms with E-state index in [-0.39, 0.29) is 17.7 Å². The minimum Gasteiger partial charge on any atom is -0.494 e. The second-order valence-corrected chi connectivity index (χ2v) is 7.76. The molecule has 0 atom stereocenters. The van der Waals surface area contributed by atoms with Gasteiger partial charge in [-0.3, -0.25) is 14.5 Å². The number of rotatable bonds is 6. The molecule has 7 heteroatoms. The lowest BCUT2D eigenvalue weighted by Crippen LogP contribution is -2.27. The highest BCUT2D eigenvalue weighted by atomic mass is 35.5. The van der Waals surface area contributed by atoms with Gasteiger partial charge in [-0.25, -0.2) is 0 Å². The summed E-state index contributed by atoms with van der Waals surface area (Å²) in [6.07, 6.45) is 2.64. The van der Waals surface area contributed by atoms with Crippen LogP contribution in [0.25, 0.3) is 6.08 Å². The number of benzene rings is 2. The monoisotopic (exact) mass is 421 g/mol. The van der Waals surface area contributed by atoms with Gasteiger partial charge in [-0.05, 0) is 59.7 Å². The summed E-state index contributed by atoms with van der Waals surface area (Å²) in [4.78, 5) is 26.5. The van der Waals surface area contributed by atoms with E-state index in [1.54, 1.807) is 24.3 Å². The fraction of sp³-hybridized carbons (Fsp3) is 0.200. The fourth-order valence-electron chi connectivity index (χ4n) is 2.49. The minimum absolute atomic E-state index is 0.113. The standard InChI is InChI=1S/C20H17Cl2NO3S/c1-2-9-26-16-7-3-13(4-8-16)10-18-19(24)23(20(25)27-18)12-14-5-6-15(21)11-17(14)22/h3-8,10-11H,2,9,12H2,1H3/b18-10-. The van der Waals surface area contributed by atoms with Crippen molar-refractivity contribution in [1.82, 2.24) is 4.90 Å². The normalized spacial score (nSPS) is 15.7. The molecule has 2 aromatic rings. The van der Waals surface area contributed by atoms with Gasteiger partial charge >= 0.3 is 0 Å².